The van der Waals surface area contributed by atoms with Gasteiger partial charge in [0.2, 0.25) is 0 Å². The number of aryl methyl sites for hydroxylation is 2. The highest BCUT2D eigenvalue weighted by molar-refractivity contribution is 4.96. The number of nitrogens with two attached hydrogens (primary N) is 1. The Morgan fingerprint density at radius 2 is 1.21 bits per heavy atom. The SMILES string of the molecule is Nn1c2nnc1CCCCCCCC2. The lowest BCUT2D eigenvalue weighted by atomic mass is 10.1. The van der Waals surface area contributed by atoms with Gasteiger partial charge in [-0.3, -0.25) is 0 Å². The van der Waals surface area contributed by atoms with Crippen molar-refractivity contribution in [2.24, 2.45) is 0 Å². The van der Waals surface area contributed by atoms with Crippen LogP contribution in [0.5, 0.6) is 0 Å². The predicted octanol–water partition coefficient (Wildman–Crippen LogP) is 1.43. The van der Waals surface area contributed by atoms with Crippen molar-refractivity contribution in [3.8, 4) is 0 Å². The van der Waals surface area contributed by atoms with Crippen molar-refractivity contribution in [2.75, 3.05) is 5.84 Å². The fourth-order valence-electron chi connectivity index (χ4n) is 1.98. The molecule has 1 aromatic rings. The zero-order chi connectivity index (χ0) is 9.80. The first-order valence-electron chi connectivity index (χ1n) is 5.56. The second kappa shape index (κ2) is 4.44. The quantitative estimate of drug-likeness (QED) is 0.636. The molecule has 0 saturated heterocycles. The van der Waals surface area contributed by atoms with Crippen molar-refractivity contribution < 1.29 is 0 Å². The molecule has 78 valence electrons. The third-order valence-electron chi connectivity index (χ3n) is 2.89. The minimum absolute atomic E-state index is 0.946. The van der Waals surface area contributed by atoms with E-state index in [9.17, 15) is 0 Å². The van der Waals surface area contributed by atoms with Gasteiger partial charge in [-0.2, -0.15) is 0 Å². The zero-order valence-corrected chi connectivity index (χ0v) is 8.58. The van der Waals surface area contributed by atoms with E-state index in [1.165, 1.54) is 38.5 Å². The van der Waals surface area contributed by atoms with Gasteiger partial charge in [0.15, 0.2) is 11.6 Å². The van der Waals surface area contributed by atoms with E-state index in [0.29, 0.717) is 0 Å². The first-order chi connectivity index (χ1) is 6.88. The molecule has 4 heteroatoms. The van der Waals surface area contributed by atoms with Gasteiger partial charge in [0.25, 0.3) is 0 Å². The molecule has 2 heterocycles. The zero-order valence-electron chi connectivity index (χ0n) is 8.58. The van der Waals surface area contributed by atoms with E-state index in [1.807, 2.05) is 0 Å². The minimum atomic E-state index is 0.946. The van der Waals surface area contributed by atoms with E-state index in [1.54, 1.807) is 4.68 Å². The summed E-state index contributed by atoms with van der Waals surface area (Å²) in [5.74, 6) is 7.79. The fourth-order valence-corrected chi connectivity index (χ4v) is 1.98. The van der Waals surface area contributed by atoms with Crippen LogP contribution in [-0.2, 0) is 12.8 Å². The van der Waals surface area contributed by atoms with Crippen LogP contribution in [0.1, 0.15) is 50.2 Å². The number of nitrogens with zero attached hydrogens (tertiary/aromatic N) is 3. The Hall–Kier alpha value is -1.06. The summed E-state index contributed by atoms with van der Waals surface area (Å²) in [5, 5.41) is 8.24. The van der Waals surface area contributed by atoms with Crippen LogP contribution >= 0.6 is 0 Å². The van der Waals surface area contributed by atoms with E-state index < -0.39 is 0 Å². The summed E-state index contributed by atoms with van der Waals surface area (Å²) >= 11 is 0. The van der Waals surface area contributed by atoms with Gasteiger partial charge >= 0.3 is 0 Å². The van der Waals surface area contributed by atoms with Crippen LogP contribution in [0.3, 0.4) is 0 Å². The van der Waals surface area contributed by atoms with Crippen molar-refractivity contribution in [3.63, 3.8) is 0 Å². The van der Waals surface area contributed by atoms with E-state index >= 15 is 0 Å². The summed E-state index contributed by atoms with van der Waals surface area (Å²) in [6, 6.07) is 0. The van der Waals surface area contributed by atoms with Crippen molar-refractivity contribution >= 4 is 0 Å². The van der Waals surface area contributed by atoms with Gasteiger partial charge in [-0.1, -0.05) is 25.7 Å². The van der Waals surface area contributed by atoms with Gasteiger partial charge in [0.1, 0.15) is 0 Å². The average molecular weight is 194 g/mol. The van der Waals surface area contributed by atoms with Gasteiger partial charge in [0, 0.05) is 12.8 Å². The fraction of sp³-hybridized carbons (Fsp3) is 0.800. The molecule has 0 atom stereocenters. The maximum atomic E-state index is 5.90. The molecule has 0 aromatic carbocycles. The molecule has 4 nitrogen and oxygen atoms in total. The molecule has 2 rings (SSSR count). The molecular formula is C10H18N4. The smallest absolute Gasteiger partial charge is 0.151 e. The molecule has 0 unspecified atom stereocenters. The number of aromatic nitrogens is 3. The minimum Gasteiger partial charge on any atom is -0.336 e. The summed E-state index contributed by atoms with van der Waals surface area (Å²) in [6.45, 7) is 0. The van der Waals surface area contributed by atoms with Crippen LogP contribution in [0, 0.1) is 0 Å². The molecule has 0 radical (unpaired) electrons. The lowest BCUT2D eigenvalue weighted by molar-refractivity contribution is 0.588. The van der Waals surface area contributed by atoms with Crippen LogP contribution in [0.25, 0.3) is 0 Å². The number of rotatable bonds is 0. The van der Waals surface area contributed by atoms with Crippen LogP contribution < -0.4 is 5.84 Å². The molecule has 1 aliphatic heterocycles. The van der Waals surface area contributed by atoms with Gasteiger partial charge in [-0.05, 0) is 12.8 Å². The summed E-state index contributed by atoms with van der Waals surface area (Å²) < 4.78 is 1.69. The molecule has 14 heavy (non-hydrogen) atoms. The van der Waals surface area contributed by atoms with Gasteiger partial charge in [0.05, 0.1) is 0 Å². The Balaban J connectivity index is 2.10. The molecule has 2 N–H and O–H groups in total. The first-order valence-corrected chi connectivity index (χ1v) is 5.56. The van der Waals surface area contributed by atoms with E-state index in [-0.39, 0.29) is 0 Å². The lowest BCUT2D eigenvalue weighted by Gasteiger charge is -2.01. The van der Waals surface area contributed by atoms with Crippen molar-refractivity contribution in [1.29, 1.82) is 0 Å². The van der Waals surface area contributed by atoms with Crippen LogP contribution in [0.4, 0.5) is 0 Å². The van der Waals surface area contributed by atoms with E-state index in [4.69, 9.17) is 5.84 Å². The normalized spacial score (nSPS) is 18.9. The van der Waals surface area contributed by atoms with E-state index in [0.717, 1.165) is 24.5 Å². The summed E-state index contributed by atoms with van der Waals surface area (Å²) in [6.07, 6.45) is 9.62. The van der Waals surface area contributed by atoms with Crippen molar-refractivity contribution in [2.45, 2.75) is 51.4 Å². The Kier molecular flexibility index (Phi) is 3.01. The Labute approximate surface area is 84.5 Å². The number of fused-ring (bicyclic) bond motifs is 2. The Morgan fingerprint density at radius 3 is 1.71 bits per heavy atom. The third-order valence-corrected chi connectivity index (χ3v) is 2.89. The Bertz CT molecular complexity index is 265. The number of nitrogen functional groups attached to an aromatic ring is 1. The summed E-state index contributed by atoms with van der Waals surface area (Å²) in [5.41, 5.74) is 0. The second-order valence-corrected chi connectivity index (χ2v) is 4.02. The number of hydrogen-bond donors (Lipinski definition) is 1. The third kappa shape index (κ3) is 2.05. The topological polar surface area (TPSA) is 56.7 Å². The lowest BCUT2D eigenvalue weighted by Crippen LogP contribution is -2.16. The van der Waals surface area contributed by atoms with Crippen molar-refractivity contribution in [1.82, 2.24) is 14.9 Å². The van der Waals surface area contributed by atoms with Crippen LogP contribution in [0.15, 0.2) is 0 Å². The van der Waals surface area contributed by atoms with E-state index in [2.05, 4.69) is 10.2 Å². The van der Waals surface area contributed by atoms with Crippen LogP contribution in [-0.4, -0.2) is 14.9 Å². The van der Waals surface area contributed by atoms with Gasteiger partial charge in [-0.15, -0.1) is 10.2 Å². The molecule has 0 spiro atoms. The largest absolute Gasteiger partial charge is 0.336 e. The maximum Gasteiger partial charge on any atom is 0.151 e. The molecule has 2 bridgehead atoms. The molecule has 0 saturated carbocycles. The summed E-state index contributed by atoms with van der Waals surface area (Å²) in [4.78, 5) is 0. The predicted molar refractivity (Wildman–Crippen MR) is 55.3 cm³/mol. The van der Waals surface area contributed by atoms with Crippen LogP contribution in [0.2, 0.25) is 0 Å². The molecule has 0 fully saturated rings. The molecular weight excluding hydrogens is 176 g/mol. The van der Waals surface area contributed by atoms with Gasteiger partial charge < -0.3 is 5.84 Å². The van der Waals surface area contributed by atoms with Gasteiger partial charge in [-0.25, -0.2) is 4.68 Å². The second-order valence-electron chi connectivity index (χ2n) is 4.02. The first kappa shape index (κ1) is 9.49. The maximum absolute atomic E-state index is 5.90. The Morgan fingerprint density at radius 1 is 0.786 bits per heavy atom. The summed E-state index contributed by atoms with van der Waals surface area (Å²) in [7, 11) is 0. The van der Waals surface area contributed by atoms with Crippen molar-refractivity contribution in [3.05, 3.63) is 11.6 Å². The molecule has 0 aliphatic carbocycles. The molecule has 1 aromatic heterocycles. The number of hydrogen-bond acceptors (Lipinski definition) is 3. The highest BCUT2D eigenvalue weighted by atomic mass is 15.4. The highest BCUT2D eigenvalue weighted by Gasteiger charge is 2.09. The average Bonchev–Trinajstić information content (AvgIpc) is 2.48. The highest BCUT2D eigenvalue weighted by Crippen LogP contribution is 2.12. The molecule has 0 amide bonds. The standard InChI is InChI=1S/C10H18N4/c11-14-9-7-5-3-1-2-4-6-8-10(14)13-12-9/h1-8,11H2. The monoisotopic (exact) mass is 194 g/mol. The molecule has 1 aliphatic rings.